The van der Waals surface area contributed by atoms with Crippen LogP contribution in [0.15, 0.2) is 24.3 Å². The molecule has 0 heterocycles. The zero-order chi connectivity index (χ0) is 14.3. The number of ketones is 1. The molecule has 102 valence electrons. The highest BCUT2D eigenvalue weighted by Crippen LogP contribution is 2.25. The lowest BCUT2D eigenvalue weighted by Gasteiger charge is -2.09. The van der Waals surface area contributed by atoms with Crippen LogP contribution in [0.5, 0.6) is 5.75 Å². The van der Waals surface area contributed by atoms with Gasteiger partial charge in [-0.05, 0) is 12.5 Å². The van der Waals surface area contributed by atoms with Crippen LogP contribution >= 0.6 is 11.6 Å². The molecule has 1 rings (SSSR count). The molecule has 1 aromatic carbocycles. The standard InChI is InChI=1S/C12H12ClNO5/c13-6-5-9(7-15)11(16)8-19-12-4-2-1-3-10(12)14(17)18/h1-4,7,9H,5-6,8H2. The fraction of sp³-hybridized carbons (Fsp3) is 0.333. The smallest absolute Gasteiger partial charge is 0.310 e. The second-order valence-electron chi connectivity index (χ2n) is 3.70. The van der Waals surface area contributed by atoms with Gasteiger partial charge in [-0.1, -0.05) is 12.1 Å². The van der Waals surface area contributed by atoms with Crippen molar-refractivity contribution in [2.45, 2.75) is 6.42 Å². The molecule has 0 aliphatic carbocycles. The first kappa shape index (κ1) is 15.1. The third-order valence-electron chi connectivity index (χ3n) is 2.43. The number of halogens is 1. The van der Waals surface area contributed by atoms with Gasteiger partial charge in [0.05, 0.1) is 10.8 Å². The van der Waals surface area contributed by atoms with Gasteiger partial charge in [0.2, 0.25) is 0 Å². The van der Waals surface area contributed by atoms with Crippen LogP contribution in [-0.4, -0.2) is 29.5 Å². The van der Waals surface area contributed by atoms with E-state index in [0.717, 1.165) is 0 Å². The summed E-state index contributed by atoms with van der Waals surface area (Å²) in [6, 6.07) is 5.72. The van der Waals surface area contributed by atoms with Crippen LogP contribution in [0.1, 0.15) is 6.42 Å². The van der Waals surface area contributed by atoms with Crippen LogP contribution in [0.25, 0.3) is 0 Å². The maximum atomic E-state index is 11.6. The van der Waals surface area contributed by atoms with E-state index in [9.17, 15) is 19.7 Å². The number of hydrogen-bond donors (Lipinski definition) is 0. The van der Waals surface area contributed by atoms with Crippen molar-refractivity contribution in [3.8, 4) is 5.75 Å². The summed E-state index contributed by atoms with van der Waals surface area (Å²) in [6.45, 7) is -0.398. The van der Waals surface area contributed by atoms with Gasteiger partial charge < -0.3 is 9.53 Å². The van der Waals surface area contributed by atoms with Gasteiger partial charge in [-0.25, -0.2) is 0 Å². The normalized spacial score (nSPS) is 11.6. The predicted molar refractivity (Wildman–Crippen MR) is 68.5 cm³/mol. The van der Waals surface area contributed by atoms with Gasteiger partial charge in [0.15, 0.2) is 11.5 Å². The Kier molecular flexibility index (Phi) is 5.95. The predicted octanol–water partition coefficient (Wildman–Crippen LogP) is 1.99. The molecule has 0 amide bonds. The second-order valence-corrected chi connectivity index (χ2v) is 4.08. The zero-order valence-electron chi connectivity index (χ0n) is 9.95. The molecule has 1 atom stereocenters. The Morgan fingerprint density at radius 2 is 2.16 bits per heavy atom. The minimum atomic E-state index is -0.833. The van der Waals surface area contributed by atoms with Crippen LogP contribution in [0.3, 0.4) is 0 Å². The number of aldehydes is 1. The molecule has 0 saturated carbocycles. The number of hydrogen-bond acceptors (Lipinski definition) is 5. The van der Waals surface area contributed by atoms with Crippen LogP contribution in [0.4, 0.5) is 5.69 Å². The molecular weight excluding hydrogens is 274 g/mol. The summed E-state index contributed by atoms with van der Waals surface area (Å²) in [5.41, 5.74) is -0.227. The summed E-state index contributed by atoms with van der Waals surface area (Å²) in [5.74, 6) is -1.11. The first-order valence-electron chi connectivity index (χ1n) is 5.50. The van der Waals surface area contributed by atoms with Gasteiger partial charge in [0.25, 0.3) is 0 Å². The van der Waals surface area contributed by atoms with Gasteiger partial charge in [0.1, 0.15) is 12.9 Å². The van der Waals surface area contributed by atoms with Crippen LogP contribution in [0.2, 0.25) is 0 Å². The quantitative estimate of drug-likeness (QED) is 0.240. The Bertz CT molecular complexity index is 477. The Morgan fingerprint density at radius 1 is 1.47 bits per heavy atom. The molecule has 0 aromatic heterocycles. The number of Topliss-reactive ketones (excluding diaryl/α,β-unsaturated/α-hetero) is 1. The molecule has 19 heavy (non-hydrogen) atoms. The SMILES string of the molecule is O=CC(CCCl)C(=O)COc1ccccc1[N+](=O)[O-]. The largest absolute Gasteiger partial charge is 0.479 e. The third kappa shape index (κ3) is 4.33. The Morgan fingerprint density at radius 3 is 2.74 bits per heavy atom. The van der Waals surface area contributed by atoms with Gasteiger partial charge in [-0.15, -0.1) is 11.6 Å². The molecule has 7 heteroatoms. The molecule has 0 aliphatic heterocycles. The molecule has 0 saturated heterocycles. The molecule has 0 bridgehead atoms. The van der Waals surface area contributed by atoms with Crippen molar-refractivity contribution in [3.63, 3.8) is 0 Å². The lowest BCUT2D eigenvalue weighted by Crippen LogP contribution is -2.23. The fourth-order valence-corrected chi connectivity index (χ4v) is 1.64. The van der Waals surface area contributed by atoms with Crippen molar-refractivity contribution >= 4 is 29.4 Å². The number of ether oxygens (including phenoxy) is 1. The molecule has 1 aromatic rings. The van der Waals surface area contributed by atoms with Crippen LogP contribution < -0.4 is 4.74 Å². The Labute approximate surface area is 114 Å². The van der Waals surface area contributed by atoms with Crippen molar-refractivity contribution in [2.75, 3.05) is 12.5 Å². The number of para-hydroxylation sites is 2. The molecule has 6 nitrogen and oxygen atoms in total. The van der Waals surface area contributed by atoms with E-state index in [4.69, 9.17) is 16.3 Å². The Hall–Kier alpha value is -1.95. The molecule has 0 N–H and O–H groups in total. The summed E-state index contributed by atoms with van der Waals surface area (Å²) >= 11 is 5.46. The van der Waals surface area contributed by atoms with E-state index in [1.54, 1.807) is 6.07 Å². The van der Waals surface area contributed by atoms with Gasteiger partial charge in [-0.2, -0.15) is 0 Å². The summed E-state index contributed by atoms with van der Waals surface area (Å²) < 4.78 is 5.10. The molecule has 1 unspecified atom stereocenters. The minimum Gasteiger partial charge on any atom is -0.479 e. The third-order valence-corrected chi connectivity index (χ3v) is 2.65. The maximum Gasteiger partial charge on any atom is 0.310 e. The van der Waals surface area contributed by atoms with E-state index in [-0.39, 0.29) is 23.7 Å². The van der Waals surface area contributed by atoms with E-state index in [0.29, 0.717) is 6.29 Å². The molecule has 0 aliphatic rings. The highest BCUT2D eigenvalue weighted by Gasteiger charge is 2.20. The van der Waals surface area contributed by atoms with E-state index >= 15 is 0 Å². The average Bonchev–Trinajstić information content (AvgIpc) is 2.42. The van der Waals surface area contributed by atoms with Crippen molar-refractivity contribution in [1.82, 2.24) is 0 Å². The molecule has 0 spiro atoms. The molecular formula is C12H12ClNO5. The highest BCUT2D eigenvalue weighted by atomic mass is 35.5. The number of nitrogens with zero attached hydrogens (tertiary/aromatic N) is 1. The number of benzene rings is 1. The number of alkyl halides is 1. The maximum absolute atomic E-state index is 11.6. The highest BCUT2D eigenvalue weighted by molar-refractivity contribution is 6.18. The van der Waals surface area contributed by atoms with E-state index in [2.05, 4.69) is 0 Å². The fourth-order valence-electron chi connectivity index (χ4n) is 1.41. The molecule has 0 radical (unpaired) electrons. The Balaban J connectivity index is 2.69. The lowest BCUT2D eigenvalue weighted by atomic mass is 10.0. The van der Waals surface area contributed by atoms with Crippen LogP contribution in [0, 0.1) is 16.0 Å². The van der Waals surface area contributed by atoms with Crippen molar-refractivity contribution in [1.29, 1.82) is 0 Å². The number of nitro benzene ring substituents is 1. The van der Waals surface area contributed by atoms with Gasteiger partial charge in [-0.3, -0.25) is 14.9 Å². The number of rotatable bonds is 8. The topological polar surface area (TPSA) is 86.5 Å². The van der Waals surface area contributed by atoms with Gasteiger partial charge in [0, 0.05) is 11.9 Å². The first-order valence-corrected chi connectivity index (χ1v) is 6.03. The van der Waals surface area contributed by atoms with Crippen molar-refractivity contribution in [3.05, 3.63) is 34.4 Å². The monoisotopic (exact) mass is 285 g/mol. The molecule has 0 fully saturated rings. The van der Waals surface area contributed by atoms with E-state index < -0.39 is 23.2 Å². The number of carbonyl (C=O) groups is 2. The van der Waals surface area contributed by atoms with E-state index in [1.165, 1.54) is 18.2 Å². The van der Waals surface area contributed by atoms with Gasteiger partial charge >= 0.3 is 5.69 Å². The summed E-state index contributed by atoms with van der Waals surface area (Å²) in [7, 11) is 0. The van der Waals surface area contributed by atoms with Crippen LogP contribution in [-0.2, 0) is 9.59 Å². The minimum absolute atomic E-state index is 0.00336. The summed E-state index contributed by atoms with van der Waals surface area (Å²) in [4.78, 5) is 32.4. The lowest BCUT2D eigenvalue weighted by molar-refractivity contribution is -0.385. The summed E-state index contributed by atoms with van der Waals surface area (Å²) in [5, 5.41) is 10.7. The number of carbonyl (C=O) groups excluding carboxylic acids is 2. The van der Waals surface area contributed by atoms with Crippen molar-refractivity contribution in [2.24, 2.45) is 5.92 Å². The second kappa shape index (κ2) is 7.48. The van der Waals surface area contributed by atoms with Crippen molar-refractivity contribution < 1.29 is 19.2 Å². The number of nitro groups is 1. The van der Waals surface area contributed by atoms with E-state index in [1.807, 2.05) is 0 Å². The zero-order valence-corrected chi connectivity index (χ0v) is 10.7. The summed E-state index contributed by atoms with van der Waals surface area (Å²) in [6.07, 6.45) is 0.734. The average molecular weight is 286 g/mol. The first-order chi connectivity index (χ1) is 9.10.